The number of fused-ring (bicyclic) bond motifs is 1. The number of nitrogens with zero attached hydrogens (tertiary/aromatic N) is 1. The molecule has 0 bridgehead atoms. The molecule has 0 radical (unpaired) electrons. The molecule has 1 aliphatic rings. The molecular weight excluding hydrogens is 285 g/mol. The summed E-state index contributed by atoms with van der Waals surface area (Å²) in [5, 5.41) is 5.10. The van der Waals surface area contributed by atoms with Gasteiger partial charge in [-0.3, -0.25) is 0 Å². The number of hydrogen-bond acceptors (Lipinski definition) is 3. The molecule has 2 aromatic rings. The first-order valence-electron chi connectivity index (χ1n) is 6.29. The molecule has 1 aromatic carbocycles. The lowest BCUT2D eigenvalue weighted by Gasteiger charge is -2.11. The Bertz CT molecular complexity index is 575. The highest BCUT2D eigenvalue weighted by Gasteiger charge is 2.20. The molecule has 19 heavy (non-hydrogen) atoms. The van der Waals surface area contributed by atoms with Gasteiger partial charge in [-0.1, -0.05) is 34.4 Å². The molecule has 0 spiro atoms. The highest BCUT2D eigenvalue weighted by atomic mass is 35.5. The van der Waals surface area contributed by atoms with Gasteiger partial charge in [0, 0.05) is 12.0 Å². The molecule has 100 valence electrons. The van der Waals surface area contributed by atoms with Gasteiger partial charge in [-0.05, 0) is 31.4 Å². The average Bonchev–Trinajstić information content (AvgIpc) is 2.82. The maximum Gasteiger partial charge on any atom is 0.157 e. The molecule has 3 nitrogen and oxygen atoms in total. The summed E-state index contributed by atoms with van der Waals surface area (Å²) in [4.78, 5) is 0. The Morgan fingerprint density at radius 3 is 2.68 bits per heavy atom. The number of rotatable bonds is 3. The molecular formula is C14H13Cl2NO2. The summed E-state index contributed by atoms with van der Waals surface area (Å²) in [5.74, 6) is 1.49. The van der Waals surface area contributed by atoms with Crippen LogP contribution in [0.4, 0.5) is 0 Å². The molecule has 1 heterocycles. The van der Waals surface area contributed by atoms with Crippen LogP contribution in [0.15, 0.2) is 22.7 Å². The maximum absolute atomic E-state index is 6.06. The Morgan fingerprint density at radius 1 is 1.16 bits per heavy atom. The first-order valence-corrected chi connectivity index (χ1v) is 7.04. The summed E-state index contributed by atoms with van der Waals surface area (Å²) in [5.41, 5.74) is 2.04. The van der Waals surface area contributed by atoms with Gasteiger partial charge >= 0.3 is 0 Å². The molecule has 0 N–H and O–H groups in total. The van der Waals surface area contributed by atoms with Crippen LogP contribution in [-0.4, -0.2) is 5.16 Å². The van der Waals surface area contributed by atoms with Crippen molar-refractivity contribution in [3.63, 3.8) is 0 Å². The number of hydrogen-bond donors (Lipinski definition) is 0. The van der Waals surface area contributed by atoms with Gasteiger partial charge in [0.2, 0.25) is 0 Å². The third-order valence-electron chi connectivity index (χ3n) is 3.30. The summed E-state index contributed by atoms with van der Waals surface area (Å²) < 4.78 is 11.0. The van der Waals surface area contributed by atoms with E-state index in [1.54, 1.807) is 18.2 Å². The topological polar surface area (TPSA) is 35.3 Å². The monoisotopic (exact) mass is 297 g/mol. The first-order chi connectivity index (χ1) is 9.25. The van der Waals surface area contributed by atoms with Crippen LogP contribution in [-0.2, 0) is 19.4 Å². The molecule has 5 heteroatoms. The fourth-order valence-corrected chi connectivity index (χ4v) is 2.83. The predicted molar refractivity (Wildman–Crippen MR) is 73.9 cm³/mol. The van der Waals surface area contributed by atoms with Crippen LogP contribution in [0, 0.1) is 0 Å². The second-order valence-electron chi connectivity index (χ2n) is 4.58. The molecule has 3 rings (SSSR count). The van der Waals surface area contributed by atoms with Crippen molar-refractivity contribution in [1.29, 1.82) is 0 Å². The summed E-state index contributed by atoms with van der Waals surface area (Å²) in [6.07, 6.45) is 4.32. The zero-order valence-electron chi connectivity index (χ0n) is 10.3. The van der Waals surface area contributed by atoms with E-state index in [1.807, 2.05) is 0 Å². The molecule has 0 amide bonds. The minimum atomic E-state index is 0.336. The number of aromatic nitrogens is 1. The second-order valence-corrected chi connectivity index (χ2v) is 5.39. The number of aryl methyl sites for hydroxylation is 1. The summed E-state index contributed by atoms with van der Waals surface area (Å²) in [6.45, 7) is 0.336. The Hall–Kier alpha value is -1.19. The number of benzene rings is 1. The SMILES string of the molecule is Clc1cccc(Cl)c1OCc1noc2c1CCCC2. The van der Waals surface area contributed by atoms with E-state index in [-0.39, 0.29) is 0 Å². The van der Waals surface area contributed by atoms with E-state index in [0.29, 0.717) is 22.4 Å². The fraction of sp³-hybridized carbons (Fsp3) is 0.357. The van der Waals surface area contributed by atoms with Crippen LogP contribution in [0.5, 0.6) is 5.75 Å². The van der Waals surface area contributed by atoms with Gasteiger partial charge in [0.25, 0.3) is 0 Å². The Morgan fingerprint density at radius 2 is 1.89 bits per heavy atom. The normalized spacial score (nSPS) is 14.2. The van der Waals surface area contributed by atoms with Crippen LogP contribution >= 0.6 is 23.2 Å². The molecule has 0 fully saturated rings. The van der Waals surface area contributed by atoms with Gasteiger partial charge in [0.15, 0.2) is 5.75 Å². The summed E-state index contributed by atoms with van der Waals surface area (Å²) in [6, 6.07) is 5.29. The minimum absolute atomic E-state index is 0.336. The van der Waals surface area contributed by atoms with Gasteiger partial charge in [-0.2, -0.15) is 0 Å². The zero-order chi connectivity index (χ0) is 13.2. The number of para-hydroxylation sites is 1. The highest BCUT2D eigenvalue weighted by molar-refractivity contribution is 6.37. The van der Waals surface area contributed by atoms with E-state index in [0.717, 1.165) is 24.3 Å². The summed E-state index contributed by atoms with van der Waals surface area (Å²) >= 11 is 12.1. The smallest absolute Gasteiger partial charge is 0.157 e. The predicted octanol–water partition coefficient (Wildman–Crippen LogP) is 4.44. The molecule has 1 aromatic heterocycles. The molecule has 0 saturated carbocycles. The third-order valence-corrected chi connectivity index (χ3v) is 3.90. The van der Waals surface area contributed by atoms with Gasteiger partial charge in [-0.25, -0.2) is 0 Å². The maximum atomic E-state index is 6.06. The Kier molecular flexibility index (Phi) is 3.67. The van der Waals surface area contributed by atoms with E-state index in [2.05, 4.69) is 5.16 Å². The van der Waals surface area contributed by atoms with Crippen molar-refractivity contribution in [2.24, 2.45) is 0 Å². The van der Waals surface area contributed by atoms with Crippen molar-refractivity contribution in [1.82, 2.24) is 5.16 Å². The lowest BCUT2D eigenvalue weighted by Crippen LogP contribution is -2.04. The van der Waals surface area contributed by atoms with Crippen LogP contribution in [0.2, 0.25) is 10.0 Å². The van der Waals surface area contributed by atoms with Crippen molar-refractivity contribution in [2.75, 3.05) is 0 Å². The first kappa shape index (κ1) is 12.8. The second kappa shape index (κ2) is 5.43. The Balaban J connectivity index is 1.78. The van der Waals surface area contributed by atoms with Crippen LogP contribution < -0.4 is 4.74 Å². The molecule has 0 atom stereocenters. The van der Waals surface area contributed by atoms with E-state index >= 15 is 0 Å². The van der Waals surface area contributed by atoms with Crippen LogP contribution in [0.3, 0.4) is 0 Å². The van der Waals surface area contributed by atoms with Gasteiger partial charge in [0.05, 0.1) is 10.0 Å². The van der Waals surface area contributed by atoms with Crippen LogP contribution in [0.25, 0.3) is 0 Å². The summed E-state index contributed by atoms with van der Waals surface area (Å²) in [7, 11) is 0. The molecule has 0 unspecified atom stereocenters. The average molecular weight is 298 g/mol. The molecule has 0 aliphatic heterocycles. The zero-order valence-corrected chi connectivity index (χ0v) is 11.8. The highest BCUT2D eigenvalue weighted by Crippen LogP contribution is 2.33. The van der Waals surface area contributed by atoms with Crippen molar-refractivity contribution in [3.05, 3.63) is 45.3 Å². The van der Waals surface area contributed by atoms with Gasteiger partial charge < -0.3 is 9.26 Å². The Labute approximate surface area is 121 Å². The van der Waals surface area contributed by atoms with Crippen molar-refractivity contribution in [3.8, 4) is 5.75 Å². The van der Waals surface area contributed by atoms with Crippen molar-refractivity contribution < 1.29 is 9.26 Å². The fourth-order valence-electron chi connectivity index (χ4n) is 2.32. The third kappa shape index (κ3) is 2.58. The van der Waals surface area contributed by atoms with E-state index in [9.17, 15) is 0 Å². The van der Waals surface area contributed by atoms with E-state index in [1.165, 1.54) is 18.4 Å². The van der Waals surface area contributed by atoms with Crippen molar-refractivity contribution >= 4 is 23.2 Å². The van der Waals surface area contributed by atoms with Crippen molar-refractivity contribution in [2.45, 2.75) is 32.3 Å². The molecule has 1 aliphatic carbocycles. The quantitative estimate of drug-likeness (QED) is 0.840. The van der Waals surface area contributed by atoms with Gasteiger partial charge in [-0.15, -0.1) is 0 Å². The van der Waals surface area contributed by atoms with E-state index in [4.69, 9.17) is 32.5 Å². The van der Waals surface area contributed by atoms with Gasteiger partial charge in [0.1, 0.15) is 18.1 Å². The van der Waals surface area contributed by atoms with Crippen LogP contribution in [0.1, 0.15) is 29.9 Å². The number of ether oxygens (including phenoxy) is 1. The lowest BCUT2D eigenvalue weighted by atomic mass is 9.97. The number of halogens is 2. The minimum Gasteiger partial charge on any atom is -0.484 e. The van der Waals surface area contributed by atoms with E-state index < -0.39 is 0 Å². The lowest BCUT2D eigenvalue weighted by molar-refractivity contribution is 0.287. The molecule has 0 saturated heterocycles. The largest absolute Gasteiger partial charge is 0.484 e. The standard InChI is InChI=1S/C14H13Cl2NO2/c15-10-5-3-6-11(16)14(10)18-8-12-9-4-1-2-7-13(9)19-17-12/h3,5-6H,1-2,4,7-8H2.